The third-order valence-corrected chi connectivity index (χ3v) is 5.38. The Morgan fingerprint density at radius 2 is 1.79 bits per heavy atom. The minimum Gasteiger partial charge on any atom is -0.469 e. The number of nitrogens with zero attached hydrogens (tertiary/aromatic N) is 1. The van der Waals surface area contributed by atoms with Crippen LogP contribution in [-0.2, 0) is 9.53 Å². The molecule has 1 aliphatic rings. The molecule has 24 heavy (non-hydrogen) atoms. The second-order valence-electron chi connectivity index (χ2n) is 5.76. The van der Waals surface area contributed by atoms with E-state index in [1.165, 1.54) is 30.6 Å². The summed E-state index contributed by atoms with van der Waals surface area (Å²) in [5.74, 6) is -0.606. The molecule has 1 amide bonds. The molecule has 2 aromatic rings. The quantitative estimate of drug-likeness (QED) is 0.798. The molecule has 3 rings (SSSR count). The standard InChI is InChI=1S/C18H18FNO3S/c1-23-18(22)13-8-10-20(11-9-13)17(21)16-7-6-15(24-16)12-2-4-14(19)5-3-12/h2-7,13H,8-11H2,1H3. The molecule has 0 bridgehead atoms. The molecule has 1 saturated heterocycles. The first kappa shape index (κ1) is 16.6. The maximum Gasteiger partial charge on any atom is 0.308 e. The summed E-state index contributed by atoms with van der Waals surface area (Å²) >= 11 is 1.40. The second kappa shape index (κ2) is 7.13. The van der Waals surface area contributed by atoms with E-state index in [9.17, 15) is 14.0 Å². The van der Waals surface area contributed by atoms with Gasteiger partial charge in [-0.25, -0.2) is 4.39 Å². The fourth-order valence-electron chi connectivity index (χ4n) is 2.86. The lowest BCUT2D eigenvalue weighted by Crippen LogP contribution is -2.40. The van der Waals surface area contributed by atoms with E-state index in [4.69, 9.17) is 4.74 Å². The molecular formula is C18H18FNO3S. The fraction of sp³-hybridized carbons (Fsp3) is 0.333. The highest BCUT2D eigenvalue weighted by Crippen LogP contribution is 2.30. The Bertz CT molecular complexity index is 733. The topological polar surface area (TPSA) is 46.6 Å². The second-order valence-corrected chi connectivity index (χ2v) is 6.84. The van der Waals surface area contributed by atoms with Gasteiger partial charge >= 0.3 is 5.97 Å². The van der Waals surface area contributed by atoms with Crippen LogP contribution in [0.15, 0.2) is 36.4 Å². The number of likely N-dealkylation sites (tertiary alicyclic amines) is 1. The van der Waals surface area contributed by atoms with Crippen LogP contribution in [0.1, 0.15) is 22.5 Å². The highest BCUT2D eigenvalue weighted by molar-refractivity contribution is 7.17. The van der Waals surface area contributed by atoms with Crippen LogP contribution in [0.3, 0.4) is 0 Å². The van der Waals surface area contributed by atoms with Gasteiger partial charge in [0.15, 0.2) is 0 Å². The SMILES string of the molecule is COC(=O)C1CCN(C(=O)c2ccc(-c3ccc(F)cc3)s2)CC1. The highest BCUT2D eigenvalue weighted by Gasteiger charge is 2.28. The molecule has 0 atom stereocenters. The summed E-state index contributed by atoms with van der Waals surface area (Å²) in [6.07, 6.45) is 1.27. The van der Waals surface area contributed by atoms with E-state index < -0.39 is 0 Å². The molecule has 0 N–H and O–H groups in total. The zero-order valence-corrected chi connectivity index (χ0v) is 14.1. The Balaban J connectivity index is 1.66. The number of hydrogen-bond donors (Lipinski definition) is 0. The number of hydrogen-bond acceptors (Lipinski definition) is 4. The predicted octanol–water partition coefficient (Wildman–Crippen LogP) is 3.58. The number of rotatable bonds is 3. The van der Waals surface area contributed by atoms with Crippen molar-refractivity contribution in [1.82, 2.24) is 4.90 Å². The predicted molar refractivity (Wildman–Crippen MR) is 90.4 cm³/mol. The van der Waals surface area contributed by atoms with E-state index in [2.05, 4.69) is 0 Å². The summed E-state index contributed by atoms with van der Waals surface area (Å²) in [6, 6.07) is 9.92. The van der Waals surface area contributed by atoms with Crippen LogP contribution >= 0.6 is 11.3 Å². The number of piperidine rings is 1. The van der Waals surface area contributed by atoms with Gasteiger partial charge in [0.05, 0.1) is 17.9 Å². The number of methoxy groups -OCH3 is 1. The van der Waals surface area contributed by atoms with Gasteiger partial charge in [0.25, 0.3) is 5.91 Å². The van der Waals surface area contributed by atoms with Crippen molar-refractivity contribution < 1.29 is 18.7 Å². The van der Waals surface area contributed by atoms with E-state index in [0.29, 0.717) is 30.8 Å². The monoisotopic (exact) mass is 347 g/mol. The van der Waals surface area contributed by atoms with Crippen molar-refractivity contribution in [1.29, 1.82) is 0 Å². The van der Waals surface area contributed by atoms with Gasteiger partial charge in [-0.05, 0) is 42.7 Å². The van der Waals surface area contributed by atoms with Crippen LogP contribution in [-0.4, -0.2) is 37.0 Å². The maximum absolute atomic E-state index is 13.0. The molecule has 0 unspecified atom stereocenters. The van der Waals surface area contributed by atoms with Gasteiger partial charge < -0.3 is 9.64 Å². The normalized spacial score (nSPS) is 15.3. The Morgan fingerprint density at radius 1 is 1.12 bits per heavy atom. The maximum atomic E-state index is 13.0. The summed E-state index contributed by atoms with van der Waals surface area (Å²) in [4.78, 5) is 27.5. The van der Waals surface area contributed by atoms with Crippen LogP contribution < -0.4 is 0 Å². The van der Waals surface area contributed by atoms with Crippen molar-refractivity contribution in [2.24, 2.45) is 5.92 Å². The zero-order valence-electron chi connectivity index (χ0n) is 13.3. The number of benzene rings is 1. The molecule has 0 aliphatic carbocycles. The Hall–Kier alpha value is -2.21. The lowest BCUT2D eigenvalue weighted by molar-refractivity contribution is -0.146. The summed E-state index contributed by atoms with van der Waals surface area (Å²) in [6.45, 7) is 1.12. The van der Waals surface area contributed by atoms with Gasteiger partial charge in [0.2, 0.25) is 0 Å². The molecule has 1 aromatic heterocycles. The van der Waals surface area contributed by atoms with Crippen molar-refractivity contribution >= 4 is 23.2 Å². The molecule has 1 aliphatic heterocycles. The van der Waals surface area contributed by atoms with Gasteiger partial charge in [-0.15, -0.1) is 11.3 Å². The fourth-order valence-corrected chi connectivity index (χ4v) is 3.84. The van der Waals surface area contributed by atoms with Gasteiger partial charge in [0.1, 0.15) is 5.82 Å². The van der Waals surface area contributed by atoms with Crippen molar-refractivity contribution in [3.63, 3.8) is 0 Å². The number of halogens is 1. The van der Waals surface area contributed by atoms with Crippen LogP contribution in [0.5, 0.6) is 0 Å². The number of carbonyl (C=O) groups excluding carboxylic acids is 2. The minimum absolute atomic E-state index is 0.0170. The van der Waals surface area contributed by atoms with Gasteiger partial charge in [-0.2, -0.15) is 0 Å². The molecule has 0 saturated carbocycles. The molecule has 1 aromatic carbocycles. The van der Waals surface area contributed by atoms with E-state index in [1.807, 2.05) is 6.07 Å². The zero-order chi connectivity index (χ0) is 17.1. The van der Waals surface area contributed by atoms with E-state index in [0.717, 1.165) is 10.4 Å². The number of thiophene rings is 1. The van der Waals surface area contributed by atoms with Gasteiger partial charge in [0, 0.05) is 18.0 Å². The Labute approximate surface area is 143 Å². The lowest BCUT2D eigenvalue weighted by atomic mass is 9.97. The number of amides is 1. The van der Waals surface area contributed by atoms with Gasteiger partial charge in [-0.1, -0.05) is 12.1 Å². The van der Waals surface area contributed by atoms with E-state index >= 15 is 0 Å². The minimum atomic E-state index is -0.278. The molecule has 0 radical (unpaired) electrons. The molecular weight excluding hydrogens is 329 g/mol. The third kappa shape index (κ3) is 3.48. The lowest BCUT2D eigenvalue weighted by Gasteiger charge is -2.30. The first-order valence-electron chi connectivity index (χ1n) is 7.81. The largest absolute Gasteiger partial charge is 0.469 e. The first-order valence-corrected chi connectivity index (χ1v) is 8.63. The molecule has 2 heterocycles. The Kier molecular flexibility index (Phi) is 4.94. The van der Waals surface area contributed by atoms with Crippen LogP contribution in [0.25, 0.3) is 10.4 Å². The third-order valence-electron chi connectivity index (χ3n) is 4.26. The summed E-state index contributed by atoms with van der Waals surface area (Å²) in [5.41, 5.74) is 0.893. The van der Waals surface area contributed by atoms with Crippen LogP contribution in [0.2, 0.25) is 0 Å². The average Bonchev–Trinajstić information content (AvgIpc) is 3.11. The number of ether oxygens (including phenoxy) is 1. The molecule has 0 spiro atoms. The summed E-state index contributed by atoms with van der Waals surface area (Å²) < 4.78 is 17.8. The van der Waals surface area contributed by atoms with E-state index in [1.54, 1.807) is 23.1 Å². The molecule has 4 nitrogen and oxygen atoms in total. The average molecular weight is 347 g/mol. The Morgan fingerprint density at radius 3 is 2.42 bits per heavy atom. The number of carbonyl (C=O) groups is 2. The van der Waals surface area contributed by atoms with Crippen molar-refractivity contribution in [3.8, 4) is 10.4 Å². The van der Waals surface area contributed by atoms with Crippen molar-refractivity contribution in [3.05, 3.63) is 47.1 Å². The van der Waals surface area contributed by atoms with Crippen molar-refractivity contribution in [2.45, 2.75) is 12.8 Å². The molecule has 1 fully saturated rings. The van der Waals surface area contributed by atoms with Crippen LogP contribution in [0, 0.1) is 11.7 Å². The smallest absolute Gasteiger partial charge is 0.308 e. The molecule has 6 heteroatoms. The highest BCUT2D eigenvalue weighted by atomic mass is 32.1. The summed E-state index contributed by atoms with van der Waals surface area (Å²) in [7, 11) is 1.39. The van der Waals surface area contributed by atoms with E-state index in [-0.39, 0.29) is 23.6 Å². The first-order chi connectivity index (χ1) is 11.6. The molecule has 126 valence electrons. The van der Waals surface area contributed by atoms with Crippen molar-refractivity contribution in [2.75, 3.05) is 20.2 Å². The summed E-state index contributed by atoms with van der Waals surface area (Å²) in [5, 5.41) is 0. The van der Waals surface area contributed by atoms with Crippen LogP contribution in [0.4, 0.5) is 4.39 Å². The van der Waals surface area contributed by atoms with Gasteiger partial charge in [-0.3, -0.25) is 9.59 Å². The number of esters is 1.